The second kappa shape index (κ2) is 6.84. The number of nitrogens with two attached hydrogens (primary N) is 1. The Morgan fingerprint density at radius 1 is 0.968 bits per heavy atom. The van der Waals surface area contributed by atoms with E-state index in [0.29, 0.717) is 16.6 Å². The molecule has 9 heteroatoms. The third-order valence-corrected chi connectivity index (χ3v) is 5.13. The number of carbonyl (C=O) groups excluding carboxylic acids is 2. The van der Waals surface area contributed by atoms with Crippen LogP contribution in [0, 0.1) is 11.6 Å². The van der Waals surface area contributed by atoms with Crippen molar-refractivity contribution in [2.45, 2.75) is 0 Å². The highest BCUT2D eigenvalue weighted by Gasteiger charge is 2.25. The van der Waals surface area contributed by atoms with Gasteiger partial charge in [-0.15, -0.1) is 0 Å². The number of primary amides is 1. The average Bonchev–Trinajstić information content (AvgIpc) is 3.39. The number of rotatable bonds is 4. The fraction of sp³-hybridized carbons (Fsp3) is 0. The first kappa shape index (κ1) is 18.6. The summed E-state index contributed by atoms with van der Waals surface area (Å²) in [5.74, 6) is -4.39. The number of aromatic amines is 2. The molecule has 3 heterocycles. The van der Waals surface area contributed by atoms with Crippen LogP contribution in [0.5, 0.6) is 0 Å². The zero-order valence-corrected chi connectivity index (χ0v) is 15.7. The van der Waals surface area contributed by atoms with E-state index >= 15 is 0 Å². The lowest BCUT2D eigenvalue weighted by Crippen LogP contribution is -2.17. The van der Waals surface area contributed by atoms with Crippen molar-refractivity contribution in [1.82, 2.24) is 20.2 Å². The molecule has 5 rings (SSSR count). The van der Waals surface area contributed by atoms with E-state index in [1.54, 1.807) is 18.5 Å². The Kier molecular flexibility index (Phi) is 4.11. The first-order valence-electron chi connectivity index (χ1n) is 9.17. The lowest BCUT2D eigenvalue weighted by molar-refractivity contribution is 0.0996. The van der Waals surface area contributed by atoms with E-state index < -0.39 is 34.5 Å². The number of nitrogens with one attached hydrogen (secondary N) is 2. The second-order valence-electron chi connectivity index (χ2n) is 6.97. The van der Waals surface area contributed by atoms with Gasteiger partial charge in [0.2, 0.25) is 5.78 Å². The number of hydrogen-bond acceptors (Lipinski definition) is 4. The number of H-pyrrole nitrogens is 2. The summed E-state index contributed by atoms with van der Waals surface area (Å²) in [7, 11) is 0. The molecule has 0 aliphatic carbocycles. The number of fused-ring (bicyclic) bond motifs is 2. The van der Waals surface area contributed by atoms with E-state index in [9.17, 15) is 18.4 Å². The van der Waals surface area contributed by atoms with Crippen molar-refractivity contribution in [3.63, 3.8) is 0 Å². The molecule has 0 unspecified atom stereocenters. The molecule has 3 aromatic heterocycles. The van der Waals surface area contributed by atoms with Crippen LogP contribution in [0.2, 0.25) is 0 Å². The van der Waals surface area contributed by atoms with Gasteiger partial charge in [0, 0.05) is 34.3 Å². The zero-order chi connectivity index (χ0) is 21.7. The predicted molar refractivity (Wildman–Crippen MR) is 109 cm³/mol. The van der Waals surface area contributed by atoms with Crippen LogP contribution in [0.3, 0.4) is 0 Å². The molecular formula is C22H13F2N5O2. The Morgan fingerprint density at radius 3 is 2.61 bits per heavy atom. The minimum atomic E-state index is -1.29. The lowest BCUT2D eigenvalue weighted by Gasteiger charge is -2.07. The number of hydrogen-bond donors (Lipinski definition) is 3. The quantitative estimate of drug-likeness (QED) is 0.386. The van der Waals surface area contributed by atoms with Crippen molar-refractivity contribution in [2.75, 3.05) is 0 Å². The Bertz CT molecular complexity index is 1520. The maximum atomic E-state index is 14.7. The number of pyridine rings is 1. The van der Waals surface area contributed by atoms with Gasteiger partial charge in [0.15, 0.2) is 0 Å². The fourth-order valence-electron chi connectivity index (χ4n) is 3.56. The van der Waals surface area contributed by atoms with Gasteiger partial charge in [-0.3, -0.25) is 14.7 Å². The average molecular weight is 417 g/mol. The predicted octanol–water partition coefficient (Wildman–Crippen LogP) is 3.71. The largest absolute Gasteiger partial charge is 0.366 e. The molecule has 31 heavy (non-hydrogen) atoms. The molecule has 0 saturated carbocycles. The van der Waals surface area contributed by atoms with Crippen molar-refractivity contribution in [3.05, 3.63) is 83.3 Å². The SMILES string of the molecule is NC(=O)c1ccc(F)c(C(=O)c2c[nH]c3ncc(-c4ccc5[nH]ncc5c4)cc23)c1F. The highest BCUT2D eigenvalue weighted by atomic mass is 19.1. The van der Waals surface area contributed by atoms with Crippen LogP contribution in [0.15, 0.2) is 55.0 Å². The number of benzene rings is 2. The summed E-state index contributed by atoms with van der Waals surface area (Å²) >= 11 is 0. The van der Waals surface area contributed by atoms with E-state index in [1.807, 2.05) is 18.2 Å². The molecule has 0 atom stereocenters. The number of nitrogens with zero attached hydrogens (tertiary/aromatic N) is 2. The van der Waals surface area contributed by atoms with E-state index in [4.69, 9.17) is 5.73 Å². The summed E-state index contributed by atoms with van der Waals surface area (Å²) < 4.78 is 29.0. The first-order valence-corrected chi connectivity index (χ1v) is 9.17. The van der Waals surface area contributed by atoms with Gasteiger partial charge in [0.1, 0.15) is 17.3 Å². The third kappa shape index (κ3) is 2.94. The van der Waals surface area contributed by atoms with Crippen LogP contribution in [0.25, 0.3) is 33.1 Å². The Labute approximate surface area is 172 Å². The summed E-state index contributed by atoms with van der Waals surface area (Å²) in [6.45, 7) is 0. The van der Waals surface area contributed by atoms with Crippen LogP contribution in [-0.2, 0) is 0 Å². The molecule has 0 radical (unpaired) electrons. The molecule has 2 aromatic carbocycles. The number of amides is 1. The second-order valence-corrected chi connectivity index (χ2v) is 6.97. The summed E-state index contributed by atoms with van der Waals surface area (Å²) in [5.41, 5.74) is 6.52. The van der Waals surface area contributed by atoms with Gasteiger partial charge in [-0.2, -0.15) is 5.10 Å². The van der Waals surface area contributed by atoms with Gasteiger partial charge in [-0.1, -0.05) is 6.07 Å². The first-order chi connectivity index (χ1) is 14.9. The molecule has 5 aromatic rings. The van der Waals surface area contributed by atoms with E-state index in [-0.39, 0.29) is 5.56 Å². The molecule has 1 amide bonds. The van der Waals surface area contributed by atoms with Gasteiger partial charge in [-0.05, 0) is 35.9 Å². The van der Waals surface area contributed by atoms with Crippen molar-refractivity contribution in [3.8, 4) is 11.1 Å². The number of carbonyl (C=O) groups is 2. The minimum Gasteiger partial charge on any atom is -0.366 e. The Hall–Kier alpha value is -4.40. The topological polar surface area (TPSA) is 118 Å². The monoisotopic (exact) mass is 417 g/mol. The summed E-state index contributed by atoms with van der Waals surface area (Å²) in [6, 6.07) is 9.10. The van der Waals surface area contributed by atoms with Gasteiger partial charge in [-0.25, -0.2) is 13.8 Å². The molecule has 7 nitrogen and oxygen atoms in total. The van der Waals surface area contributed by atoms with Crippen molar-refractivity contribution >= 4 is 33.6 Å². The lowest BCUT2D eigenvalue weighted by atomic mass is 9.98. The molecule has 0 aliphatic rings. The molecule has 152 valence electrons. The van der Waals surface area contributed by atoms with E-state index in [2.05, 4.69) is 20.2 Å². The molecule has 4 N–H and O–H groups in total. The van der Waals surface area contributed by atoms with Crippen molar-refractivity contribution in [2.24, 2.45) is 5.73 Å². The standard InChI is InChI=1S/C22H13F2N5O2/c23-16-3-2-13(21(25)31)19(24)18(16)20(30)15-9-27-22-14(15)6-11(7-26-22)10-1-4-17-12(5-10)8-28-29-17/h1-9H,(H2,25,31)(H,26,27)(H,28,29). The van der Waals surface area contributed by atoms with E-state index in [1.165, 1.54) is 6.20 Å². The zero-order valence-electron chi connectivity index (χ0n) is 15.7. The Morgan fingerprint density at radius 2 is 1.81 bits per heavy atom. The normalized spacial score (nSPS) is 11.3. The molecule has 0 fully saturated rings. The van der Waals surface area contributed by atoms with E-state index in [0.717, 1.165) is 28.6 Å². The number of aromatic nitrogens is 4. The fourth-order valence-corrected chi connectivity index (χ4v) is 3.56. The summed E-state index contributed by atoms with van der Waals surface area (Å²) in [4.78, 5) is 31.6. The summed E-state index contributed by atoms with van der Waals surface area (Å²) in [5, 5.41) is 8.15. The van der Waals surface area contributed by atoms with Crippen molar-refractivity contribution < 1.29 is 18.4 Å². The number of ketones is 1. The van der Waals surface area contributed by atoms with Gasteiger partial charge >= 0.3 is 0 Å². The smallest absolute Gasteiger partial charge is 0.251 e. The van der Waals surface area contributed by atoms with Crippen LogP contribution < -0.4 is 5.73 Å². The molecule has 0 aliphatic heterocycles. The summed E-state index contributed by atoms with van der Waals surface area (Å²) in [6.07, 6.45) is 4.65. The van der Waals surface area contributed by atoms with Crippen LogP contribution in [0.4, 0.5) is 8.78 Å². The Balaban J connectivity index is 1.64. The van der Waals surface area contributed by atoms with Crippen molar-refractivity contribution in [1.29, 1.82) is 0 Å². The molecule has 0 saturated heterocycles. The highest BCUT2D eigenvalue weighted by Crippen LogP contribution is 2.29. The number of halogens is 2. The highest BCUT2D eigenvalue weighted by molar-refractivity contribution is 6.17. The van der Waals surface area contributed by atoms with Crippen LogP contribution in [-0.4, -0.2) is 31.9 Å². The molecule has 0 bridgehead atoms. The molecular weight excluding hydrogens is 404 g/mol. The van der Waals surface area contributed by atoms with Gasteiger partial charge in [0.25, 0.3) is 5.91 Å². The van der Waals surface area contributed by atoms with Crippen LogP contribution >= 0.6 is 0 Å². The maximum absolute atomic E-state index is 14.7. The van der Waals surface area contributed by atoms with Crippen LogP contribution in [0.1, 0.15) is 26.3 Å². The van der Waals surface area contributed by atoms with Gasteiger partial charge in [0.05, 0.1) is 22.8 Å². The van der Waals surface area contributed by atoms with Gasteiger partial charge < -0.3 is 10.7 Å². The third-order valence-electron chi connectivity index (χ3n) is 5.13. The maximum Gasteiger partial charge on any atom is 0.251 e. The minimum absolute atomic E-state index is 0.0214. The molecule has 0 spiro atoms.